The molecule has 11 heteroatoms. The van der Waals surface area contributed by atoms with E-state index < -0.39 is 5.91 Å². The number of aromatic nitrogens is 3. The highest BCUT2D eigenvalue weighted by atomic mass is 35.5. The molecular weight excluding hydrogens is 395 g/mol. The predicted octanol–water partition coefficient (Wildman–Crippen LogP) is 1.41. The van der Waals surface area contributed by atoms with Crippen molar-refractivity contribution in [3.05, 3.63) is 35.8 Å². The highest BCUT2D eigenvalue weighted by Crippen LogP contribution is 2.20. The van der Waals surface area contributed by atoms with Crippen molar-refractivity contribution in [2.75, 3.05) is 25.5 Å². The van der Waals surface area contributed by atoms with E-state index in [2.05, 4.69) is 20.7 Å². The van der Waals surface area contributed by atoms with E-state index in [-0.39, 0.29) is 48.2 Å². The Morgan fingerprint density at radius 1 is 1.41 bits per heavy atom. The second-order valence-corrected chi connectivity index (χ2v) is 5.78. The van der Waals surface area contributed by atoms with Crippen LogP contribution in [0.15, 0.2) is 24.5 Å². The number of nitrogens with zero attached hydrogens (tertiary/aromatic N) is 3. The minimum atomic E-state index is -0.686. The summed E-state index contributed by atoms with van der Waals surface area (Å²) in [5, 5.41) is 10.3. The third-order valence-electron chi connectivity index (χ3n) is 4.05. The minimum Gasteiger partial charge on any atom is -0.480 e. The SMILES string of the molecule is COc1ncc(NC(=O)c2ccn(C3CCCNC3)n2)cc1C(N)=O.Cl.Cl. The predicted molar refractivity (Wildman–Crippen MR) is 105 cm³/mol. The van der Waals surface area contributed by atoms with Gasteiger partial charge in [0.2, 0.25) is 5.88 Å². The minimum absolute atomic E-state index is 0. The standard InChI is InChI=1S/C16H20N6O3.2ClH/c1-25-16-12(14(17)23)7-10(8-19-16)20-15(24)13-4-6-22(21-13)11-3-2-5-18-9-11;;/h4,6-8,11,18H,2-3,5,9H2,1H3,(H2,17,23)(H,20,24);2*1H. The first kappa shape index (κ1) is 22.7. The van der Waals surface area contributed by atoms with E-state index in [1.807, 2.05) is 4.68 Å². The van der Waals surface area contributed by atoms with Crippen molar-refractivity contribution in [3.8, 4) is 5.88 Å². The number of amides is 2. The molecule has 0 saturated carbocycles. The van der Waals surface area contributed by atoms with Gasteiger partial charge in [-0.3, -0.25) is 14.3 Å². The number of rotatable bonds is 5. The number of pyridine rings is 1. The number of anilines is 1. The summed E-state index contributed by atoms with van der Waals surface area (Å²) in [6.07, 6.45) is 5.30. The number of ether oxygens (including phenoxy) is 1. The van der Waals surface area contributed by atoms with Gasteiger partial charge in [-0.15, -0.1) is 24.8 Å². The molecule has 1 saturated heterocycles. The topological polar surface area (TPSA) is 124 Å². The fourth-order valence-electron chi connectivity index (χ4n) is 2.78. The summed E-state index contributed by atoms with van der Waals surface area (Å²) in [7, 11) is 1.39. The van der Waals surface area contributed by atoms with E-state index in [9.17, 15) is 9.59 Å². The summed E-state index contributed by atoms with van der Waals surface area (Å²) >= 11 is 0. The Labute approximate surface area is 168 Å². The van der Waals surface area contributed by atoms with Gasteiger partial charge in [0, 0.05) is 12.7 Å². The van der Waals surface area contributed by atoms with Gasteiger partial charge in [-0.2, -0.15) is 5.10 Å². The normalized spacial score (nSPS) is 15.8. The summed E-state index contributed by atoms with van der Waals surface area (Å²) < 4.78 is 6.78. The zero-order chi connectivity index (χ0) is 17.8. The van der Waals surface area contributed by atoms with Crippen molar-refractivity contribution in [1.82, 2.24) is 20.1 Å². The van der Waals surface area contributed by atoms with Crippen molar-refractivity contribution >= 4 is 42.3 Å². The molecule has 2 aromatic rings. The summed E-state index contributed by atoms with van der Waals surface area (Å²) in [5.74, 6) is -0.959. The first-order valence-electron chi connectivity index (χ1n) is 7.99. The molecule has 3 heterocycles. The molecule has 1 fully saturated rings. The van der Waals surface area contributed by atoms with E-state index in [4.69, 9.17) is 10.5 Å². The first-order chi connectivity index (χ1) is 12.1. The van der Waals surface area contributed by atoms with Gasteiger partial charge in [0.15, 0.2) is 5.69 Å². The van der Waals surface area contributed by atoms with Crippen molar-refractivity contribution in [1.29, 1.82) is 0 Å². The zero-order valence-corrected chi connectivity index (χ0v) is 16.3. The number of piperidine rings is 1. The van der Waals surface area contributed by atoms with Crippen LogP contribution in [0.5, 0.6) is 5.88 Å². The maximum Gasteiger partial charge on any atom is 0.276 e. The summed E-state index contributed by atoms with van der Waals surface area (Å²) in [6, 6.07) is 3.34. The molecule has 2 amide bonds. The van der Waals surface area contributed by atoms with Crippen LogP contribution in [0.4, 0.5) is 5.69 Å². The summed E-state index contributed by atoms with van der Waals surface area (Å²) in [4.78, 5) is 27.8. The molecule has 2 aromatic heterocycles. The van der Waals surface area contributed by atoms with Crippen LogP contribution in [0, 0.1) is 0 Å². The van der Waals surface area contributed by atoms with Gasteiger partial charge in [0.05, 0.1) is 25.0 Å². The Bertz CT molecular complexity index is 792. The van der Waals surface area contributed by atoms with Gasteiger partial charge in [-0.25, -0.2) is 4.98 Å². The van der Waals surface area contributed by atoms with Crippen molar-refractivity contribution in [2.45, 2.75) is 18.9 Å². The molecule has 148 valence electrons. The largest absolute Gasteiger partial charge is 0.480 e. The molecule has 0 bridgehead atoms. The number of halogens is 2. The average Bonchev–Trinajstić information content (AvgIpc) is 3.12. The van der Waals surface area contributed by atoms with Crippen LogP contribution in [0.3, 0.4) is 0 Å². The molecule has 4 N–H and O–H groups in total. The maximum absolute atomic E-state index is 12.4. The lowest BCUT2D eigenvalue weighted by Crippen LogP contribution is -2.32. The van der Waals surface area contributed by atoms with Gasteiger partial charge >= 0.3 is 0 Å². The van der Waals surface area contributed by atoms with Crippen molar-refractivity contribution in [2.24, 2.45) is 5.73 Å². The van der Waals surface area contributed by atoms with Crippen LogP contribution in [-0.4, -0.2) is 46.8 Å². The van der Waals surface area contributed by atoms with E-state index in [1.165, 1.54) is 19.4 Å². The third kappa shape index (κ3) is 5.31. The number of carbonyl (C=O) groups is 2. The van der Waals surface area contributed by atoms with E-state index >= 15 is 0 Å². The van der Waals surface area contributed by atoms with E-state index in [0.717, 1.165) is 25.9 Å². The van der Waals surface area contributed by atoms with Crippen LogP contribution >= 0.6 is 24.8 Å². The first-order valence-corrected chi connectivity index (χ1v) is 7.99. The number of hydrogen-bond donors (Lipinski definition) is 3. The second-order valence-electron chi connectivity index (χ2n) is 5.78. The lowest BCUT2D eigenvalue weighted by atomic mass is 10.1. The number of nitrogens with two attached hydrogens (primary N) is 1. The Morgan fingerprint density at radius 3 is 2.81 bits per heavy atom. The van der Waals surface area contributed by atoms with Crippen molar-refractivity contribution in [3.63, 3.8) is 0 Å². The van der Waals surface area contributed by atoms with Gasteiger partial charge in [0.25, 0.3) is 11.8 Å². The van der Waals surface area contributed by atoms with Crippen molar-refractivity contribution < 1.29 is 14.3 Å². The second kappa shape index (κ2) is 10.1. The lowest BCUT2D eigenvalue weighted by Gasteiger charge is -2.22. The molecule has 9 nitrogen and oxygen atoms in total. The number of nitrogens with one attached hydrogen (secondary N) is 2. The van der Waals surface area contributed by atoms with Crippen LogP contribution in [0.25, 0.3) is 0 Å². The van der Waals surface area contributed by atoms with Gasteiger partial charge < -0.3 is 21.1 Å². The molecule has 3 rings (SSSR count). The number of hydrogen-bond acceptors (Lipinski definition) is 6. The monoisotopic (exact) mass is 416 g/mol. The molecule has 0 aromatic carbocycles. The van der Waals surface area contributed by atoms with Crippen LogP contribution < -0.4 is 21.1 Å². The Kier molecular flexibility index (Phi) is 8.48. The number of primary amides is 1. The maximum atomic E-state index is 12.4. The molecule has 0 spiro atoms. The molecular formula is C16H22Cl2N6O3. The van der Waals surface area contributed by atoms with Gasteiger partial charge in [0.1, 0.15) is 5.56 Å². The fraction of sp³-hybridized carbons (Fsp3) is 0.375. The summed E-state index contributed by atoms with van der Waals surface area (Å²) in [6.45, 7) is 1.85. The highest BCUT2D eigenvalue weighted by Gasteiger charge is 2.18. The van der Waals surface area contributed by atoms with E-state index in [0.29, 0.717) is 11.4 Å². The van der Waals surface area contributed by atoms with Crippen LogP contribution in [0.1, 0.15) is 39.7 Å². The smallest absolute Gasteiger partial charge is 0.276 e. The Morgan fingerprint density at radius 2 is 2.19 bits per heavy atom. The highest BCUT2D eigenvalue weighted by molar-refractivity contribution is 6.04. The van der Waals surface area contributed by atoms with Gasteiger partial charge in [-0.05, 0) is 31.5 Å². The molecule has 27 heavy (non-hydrogen) atoms. The van der Waals surface area contributed by atoms with E-state index in [1.54, 1.807) is 12.3 Å². The molecule has 0 radical (unpaired) electrons. The molecule has 1 unspecified atom stereocenters. The Hall–Kier alpha value is -2.36. The Balaban J connectivity index is 0.00000182. The third-order valence-corrected chi connectivity index (χ3v) is 4.05. The molecule has 0 aliphatic carbocycles. The number of methoxy groups -OCH3 is 1. The average molecular weight is 417 g/mol. The molecule has 1 aliphatic heterocycles. The summed E-state index contributed by atoms with van der Waals surface area (Å²) in [5.41, 5.74) is 6.02. The fourth-order valence-corrected chi connectivity index (χ4v) is 2.78. The quantitative estimate of drug-likeness (QED) is 0.676. The molecule has 1 atom stereocenters. The lowest BCUT2D eigenvalue weighted by molar-refractivity contribution is 0.0992. The molecule has 1 aliphatic rings. The van der Waals surface area contributed by atoms with Crippen LogP contribution in [-0.2, 0) is 0 Å². The zero-order valence-electron chi connectivity index (χ0n) is 14.7. The van der Waals surface area contributed by atoms with Crippen LogP contribution in [0.2, 0.25) is 0 Å². The van der Waals surface area contributed by atoms with Gasteiger partial charge in [-0.1, -0.05) is 0 Å². The number of carbonyl (C=O) groups excluding carboxylic acids is 2.